The predicted octanol–water partition coefficient (Wildman–Crippen LogP) is 1.75. The van der Waals surface area contributed by atoms with Crippen molar-refractivity contribution in [1.29, 1.82) is 5.41 Å². The summed E-state index contributed by atoms with van der Waals surface area (Å²) in [5.74, 6) is -0.00938. The van der Waals surface area contributed by atoms with Gasteiger partial charge in [0, 0.05) is 12.2 Å². The topological polar surface area (TPSA) is 82.2 Å². The molecule has 19 heavy (non-hydrogen) atoms. The minimum Gasteiger partial charge on any atom is -0.370 e. The van der Waals surface area contributed by atoms with E-state index in [-0.39, 0.29) is 17.8 Å². The molecule has 5 heteroatoms. The molecule has 0 aliphatic carbocycles. The van der Waals surface area contributed by atoms with Gasteiger partial charge in [0.1, 0.15) is 6.04 Å². The molecule has 1 heterocycles. The van der Waals surface area contributed by atoms with E-state index in [4.69, 9.17) is 11.1 Å². The van der Waals surface area contributed by atoms with Gasteiger partial charge < -0.3 is 16.0 Å². The van der Waals surface area contributed by atoms with Crippen molar-refractivity contribution in [1.82, 2.24) is 4.90 Å². The zero-order chi connectivity index (χ0) is 14.0. The van der Waals surface area contributed by atoms with Crippen LogP contribution in [0.25, 0.3) is 0 Å². The first-order chi connectivity index (χ1) is 9.04. The van der Waals surface area contributed by atoms with Gasteiger partial charge in [-0.2, -0.15) is 0 Å². The van der Waals surface area contributed by atoms with E-state index >= 15 is 0 Å². The van der Waals surface area contributed by atoms with Gasteiger partial charge in [-0.15, -0.1) is 0 Å². The summed E-state index contributed by atoms with van der Waals surface area (Å²) >= 11 is 0. The van der Waals surface area contributed by atoms with Gasteiger partial charge in [-0.1, -0.05) is 38.5 Å². The first-order valence-corrected chi connectivity index (χ1v) is 6.54. The van der Waals surface area contributed by atoms with Crippen molar-refractivity contribution in [2.45, 2.75) is 32.9 Å². The van der Waals surface area contributed by atoms with Gasteiger partial charge in [0.05, 0.1) is 0 Å². The SMILES string of the molecule is CC[C@H](C)[C@H]1C(=O)Nc2ccccc2CN1C(=N)N. The molecule has 0 fully saturated rings. The third-order valence-corrected chi connectivity index (χ3v) is 3.71. The van der Waals surface area contributed by atoms with Crippen LogP contribution in [0.2, 0.25) is 0 Å². The minimum atomic E-state index is -0.394. The number of carbonyl (C=O) groups excluding carboxylic acids is 1. The van der Waals surface area contributed by atoms with Crippen LogP contribution in [0, 0.1) is 11.3 Å². The molecule has 0 saturated carbocycles. The number of nitrogens with zero attached hydrogens (tertiary/aromatic N) is 1. The first-order valence-electron chi connectivity index (χ1n) is 6.54. The number of nitrogens with two attached hydrogens (primary N) is 1. The number of guanidine groups is 1. The van der Waals surface area contributed by atoms with Gasteiger partial charge in [0.2, 0.25) is 5.91 Å². The second-order valence-corrected chi connectivity index (χ2v) is 4.99. The van der Waals surface area contributed by atoms with Crippen LogP contribution in [0.3, 0.4) is 0 Å². The van der Waals surface area contributed by atoms with E-state index in [1.165, 1.54) is 0 Å². The summed E-state index contributed by atoms with van der Waals surface area (Å²) in [6.07, 6.45) is 0.859. The molecule has 1 aromatic rings. The standard InChI is InChI=1S/C14H20N4O/c1-3-9(2)12-13(19)17-11-7-5-4-6-10(11)8-18(12)14(15)16/h4-7,9,12H,3,8H2,1-2H3,(H3,15,16)(H,17,19)/t9-,12-/m0/s1. The summed E-state index contributed by atoms with van der Waals surface area (Å²) in [5.41, 5.74) is 7.46. The lowest BCUT2D eigenvalue weighted by molar-refractivity contribution is -0.121. The average molecular weight is 260 g/mol. The van der Waals surface area contributed by atoms with Crippen molar-refractivity contribution in [2.75, 3.05) is 5.32 Å². The quantitative estimate of drug-likeness (QED) is 0.559. The molecule has 0 unspecified atom stereocenters. The number of benzene rings is 1. The van der Waals surface area contributed by atoms with Crippen LogP contribution in [0.1, 0.15) is 25.8 Å². The van der Waals surface area contributed by atoms with E-state index in [1.807, 2.05) is 38.1 Å². The summed E-state index contributed by atoms with van der Waals surface area (Å²) in [5, 5.41) is 10.7. The van der Waals surface area contributed by atoms with Crippen molar-refractivity contribution in [3.8, 4) is 0 Å². The Hall–Kier alpha value is -2.04. The molecular formula is C14H20N4O. The highest BCUT2D eigenvalue weighted by Crippen LogP contribution is 2.26. The zero-order valence-corrected chi connectivity index (χ0v) is 11.3. The molecule has 4 N–H and O–H groups in total. The van der Waals surface area contributed by atoms with E-state index in [1.54, 1.807) is 4.90 Å². The zero-order valence-electron chi connectivity index (χ0n) is 11.3. The van der Waals surface area contributed by atoms with E-state index in [9.17, 15) is 4.79 Å². The largest absolute Gasteiger partial charge is 0.370 e. The van der Waals surface area contributed by atoms with Crippen LogP contribution < -0.4 is 11.1 Å². The molecule has 1 aliphatic heterocycles. The van der Waals surface area contributed by atoms with E-state index in [2.05, 4.69) is 5.32 Å². The van der Waals surface area contributed by atoms with Gasteiger partial charge in [0.15, 0.2) is 5.96 Å². The molecule has 0 saturated heterocycles. The van der Waals surface area contributed by atoms with Gasteiger partial charge in [0.25, 0.3) is 0 Å². The molecule has 2 rings (SSSR count). The molecule has 1 amide bonds. The van der Waals surface area contributed by atoms with Gasteiger partial charge >= 0.3 is 0 Å². The Morgan fingerprint density at radius 3 is 2.89 bits per heavy atom. The molecular weight excluding hydrogens is 240 g/mol. The second-order valence-electron chi connectivity index (χ2n) is 4.99. The third-order valence-electron chi connectivity index (χ3n) is 3.71. The minimum absolute atomic E-state index is 0.0582. The van der Waals surface area contributed by atoms with Gasteiger partial charge in [-0.25, -0.2) is 0 Å². The van der Waals surface area contributed by atoms with Crippen LogP contribution >= 0.6 is 0 Å². The van der Waals surface area contributed by atoms with Crippen molar-refractivity contribution in [3.05, 3.63) is 29.8 Å². The lowest BCUT2D eigenvalue weighted by Crippen LogP contribution is -2.51. The lowest BCUT2D eigenvalue weighted by Gasteiger charge is -2.32. The normalized spacial score (nSPS) is 20.2. The number of hydrogen-bond acceptors (Lipinski definition) is 2. The highest BCUT2D eigenvalue weighted by atomic mass is 16.2. The Morgan fingerprint density at radius 2 is 2.26 bits per heavy atom. The molecule has 2 atom stereocenters. The number of nitrogens with one attached hydrogen (secondary N) is 2. The Labute approximate surface area is 113 Å². The Morgan fingerprint density at radius 1 is 1.58 bits per heavy atom. The second kappa shape index (κ2) is 5.30. The van der Waals surface area contributed by atoms with Gasteiger partial charge in [-0.05, 0) is 17.5 Å². The first kappa shape index (κ1) is 13.4. The average Bonchev–Trinajstić information content (AvgIpc) is 2.53. The van der Waals surface area contributed by atoms with Crippen LogP contribution in [0.4, 0.5) is 5.69 Å². The number of hydrogen-bond donors (Lipinski definition) is 3. The van der Waals surface area contributed by atoms with E-state index < -0.39 is 6.04 Å². The molecule has 0 aromatic heterocycles. The number of fused-ring (bicyclic) bond motifs is 1. The Balaban J connectivity index is 2.42. The number of rotatable bonds is 2. The fourth-order valence-corrected chi connectivity index (χ4v) is 2.43. The summed E-state index contributed by atoms with van der Waals surface area (Å²) in [4.78, 5) is 14.1. The Kier molecular flexibility index (Phi) is 3.74. The predicted molar refractivity (Wildman–Crippen MR) is 75.8 cm³/mol. The molecule has 0 bridgehead atoms. The molecule has 1 aromatic carbocycles. The van der Waals surface area contributed by atoms with Crippen molar-refractivity contribution < 1.29 is 4.79 Å². The number of amides is 1. The monoisotopic (exact) mass is 260 g/mol. The summed E-state index contributed by atoms with van der Waals surface area (Å²) in [7, 11) is 0. The van der Waals surface area contributed by atoms with Crippen LogP contribution in [-0.4, -0.2) is 22.8 Å². The fourth-order valence-electron chi connectivity index (χ4n) is 2.43. The van der Waals surface area contributed by atoms with Crippen molar-refractivity contribution in [2.24, 2.45) is 11.7 Å². The van der Waals surface area contributed by atoms with Crippen molar-refractivity contribution in [3.63, 3.8) is 0 Å². The van der Waals surface area contributed by atoms with Crippen molar-refractivity contribution >= 4 is 17.6 Å². The maximum Gasteiger partial charge on any atom is 0.247 e. The Bertz CT molecular complexity index is 500. The maximum atomic E-state index is 12.4. The molecule has 5 nitrogen and oxygen atoms in total. The summed E-state index contributed by atoms with van der Waals surface area (Å²) in [6, 6.07) is 7.25. The number of carbonyl (C=O) groups is 1. The van der Waals surface area contributed by atoms with E-state index in [0.29, 0.717) is 6.54 Å². The fraction of sp³-hybridized carbons (Fsp3) is 0.429. The lowest BCUT2D eigenvalue weighted by atomic mass is 9.97. The smallest absolute Gasteiger partial charge is 0.247 e. The van der Waals surface area contributed by atoms with E-state index in [0.717, 1.165) is 17.7 Å². The number of para-hydroxylation sites is 1. The molecule has 102 valence electrons. The van der Waals surface area contributed by atoms with Crippen LogP contribution in [0.5, 0.6) is 0 Å². The third kappa shape index (κ3) is 2.54. The van der Waals surface area contributed by atoms with Gasteiger partial charge in [-0.3, -0.25) is 10.2 Å². The summed E-state index contributed by atoms with van der Waals surface area (Å²) < 4.78 is 0. The van der Waals surface area contributed by atoms with Crippen LogP contribution in [0.15, 0.2) is 24.3 Å². The summed E-state index contributed by atoms with van der Waals surface area (Å²) in [6.45, 7) is 4.53. The molecule has 0 radical (unpaired) electrons. The number of anilines is 1. The highest BCUT2D eigenvalue weighted by Gasteiger charge is 2.34. The molecule has 0 spiro atoms. The van der Waals surface area contributed by atoms with Crippen LogP contribution in [-0.2, 0) is 11.3 Å². The molecule has 1 aliphatic rings. The highest BCUT2D eigenvalue weighted by molar-refractivity contribution is 5.98. The maximum absolute atomic E-state index is 12.4.